The zero-order valence-corrected chi connectivity index (χ0v) is 14.6. The molecule has 1 aliphatic rings. The molecule has 1 amide bonds. The van der Waals surface area contributed by atoms with E-state index in [-0.39, 0.29) is 5.91 Å². The maximum absolute atomic E-state index is 12.2. The Morgan fingerprint density at radius 3 is 3.04 bits per heavy atom. The van der Waals surface area contributed by atoms with Gasteiger partial charge in [0.05, 0.1) is 12.6 Å². The van der Waals surface area contributed by atoms with Gasteiger partial charge >= 0.3 is 0 Å². The van der Waals surface area contributed by atoms with Crippen molar-refractivity contribution < 1.29 is 9.53 Å². The van der Waals surface area contributed by atoms with Crippen LogP contribution in [0.3, 0.4) is 0 Å². The van der Waals surface area contributed by atoms with Gasteiger partial charge in [0.2, 0.25) is 5.91 Å². The highest BCUT2D eigenvalue weighted by molar-refractivity contribution is 5.86. The Bertz CT molecular complexity index is 695. The van der Waals surface area contributed by atoms with Crippen LogP contribution < -0.4 is 10.1 Å². The maximum atomic E-state index is 12.2. The summed E-state index contributed by atoms with van der Waals surface area (Å²) in [6.45, 7) is 5.87. The van der Waals surface area contributed by atoms with Crippen molar-refractivity contribution in [2.45, 2.75) is 38.8 Å². The molecular weight excluding hydrogens is 302 g/mol. The predicted octanol–water partition coefficient (Wildman–Crippen LogP) is 2.64. The van der Waals surface area contributed by atoms with E-state index >= 15 is 0 Å². The van der Waals surface area contributed by atoms with Gasteiger partial charge in [0.1, 0.15) is 5.75 Å². The van der Waals surface area contributed by atoms with Crippen molar-refractivity contribution in [2.24, 2.45) is 0 Å². The van der Waals surface area contributed by atoms with E-state index < -0.39 is 0 Å². The third-order valence-corrected chi connectivity index (χ3v) is 5.01. The molecule has 3 rings (SSSR count). The number of carbonyl (C=O) groups is 1. The van der Waals surface area contributed by atoms with Gasteiger partial charge in [-0.25, -0.2) is 0 Å². The molecule has 0 radical (unpaired) electrons. The number of benzene rings is 1. The molecule has 0 bridgehead atoms. The second-order valence-corrected chi connectivity index (χ2v) is 6.38. The topological polar surface area (TPSA) is 46.5 Å². The number of methoxy groups -OCH3 is 1. The standard InChI is InChI=1S/C19H27N3O2/c1-3-21-11-5-6-15(21)14-20-19(23)10-13-22-12-9-16-17(22)7-4-8-18(16)24-2/h4,7-9,12,15H,3,5-6,10-11,13-14H2,1-2H3,(H,20,23). The van der Waals surface area contributed by atoms with Gasteiger partial charge in [0.25, 0.3) is 0 Å². The van der Waals surface area contributed by atoms with Crippen LogP contribution >= 0.6 is 0 Å². The molecule has 24 heavy (non-hydrogen) atoms. The number of likely N-dealkylation sites (N-methyl/N-ethyl adjacent to an activating group) is 1. The van der Waals surface area contributed by atoms with Crippen LogP contribution in [0, 0.1) is 0 Å². The third kappa shape index (κ3) is 3.56. The Morgan fingerprint density at radius 2 is 2.25 bits per heavy atom. The van der Waals surface area contributed by atoms with Crippen molar-refractivity contribution in [3.8, 4) is 5.75 Å². The molecule has 5 heteroatoms. The van der Waals surface area contributed by atoms with Crippen LogP contribution in [-0.4, -0.2) is 48.2 Å². The van der Waals surface area contributed by atoms with Gasteiger partial charge in [-0.3, -0.25) is 9.69 Å². The van der Waals surface area contributed by atoms with Gasteiger partial charge in [-0.15, -0.1) is 0 Å². The number of ether oxygens (including phenoxy) is 1. The summed E-state index contributed by atoms with van der Waals surface area (Å²) in [5.74, 6) is 0.999. The molecule has 1 N–H and O–H groups in total. The Morgan fingerprint density at radius 1 is 1.38 bits per heavy atom. The maximum Gasteiger partial charge on any atom is 0.221 e. The fraction of sp³-hybridized carbons (Fsp3) is 0.526. The summed E-state index contributed by atoms with van der Waals surface area (Å²) in [6.07, 6.45) is 4.96. The van der Waals surface area contributed by atoms with Gasteiger partial charge in [-0.1, -0.05) is 13.0 Å². The van der Waals surface area contributed by atoms with E-state index in [4.69, 9.17) is 4.74 Å². The van der Waals surface area contributed by atoms with Gasteiger partial charge < -0.3 is 14.6 Å². The van der Waals surface area contributed by atoms with E-state index in [9.17, 15) is 4.79 Å². The lowest BCUT2D eigenvalue weighted by molar-refractivity contribution is -0.121. The first-order valence-corrected chi connectivity index (χ1v) is 8.85. The van der Waals surface area contributed by atoms with E-state index in [1.807, 2.05) is 24.4 Å². The quantitative estimate of drug-likeness (QED) is 0.849. The molecule has 0 aliphatic carbocycles. The summed E-state index contributed by atoms with van der Waals surface area (Å²) >= 11 is 0. The molecule has 1 fully saturated rings. The number of hydrogen-bond donors (Lipinski definition) is 1. The lowest BCUT2D eigenvalue weighted by Gasteiger charge is -2.22. The van der Waals surface area contributed by atoms with Gasteiger partial charge in [0.15, 0.2) is 0 Å². The fourth-order valence-corrected chi connectivity index (χ4v) is 3.65. The largest absolute Gasteiger partial charge is 0.496 e. The molecule has 0 saturated carbocycles. The molecule has 2 aromatic rings. The minimum Gasteiger partial charge on any atom is -0.496 e. The highest BCUT2D eigenvalue weighted by Crippen LogP contribution is 2.26. The summed E-state index contributed by atoms with van der Waals surface area (Å²) in [5, 5.41) is 4.19. The van der Waals surface area contributed by atoms with Crippen LogP contribution in [0.15, 0.2) is 30.5 Å². The first-order chi connectivity index (χ1) is 11.7. The van der Waals surface area contributed by atoms with E-state index in [2.05, 4.69) is 27.8 Å². The van der Waals surface area contributed by atoms with Crippen LogP contribution in [0.1, 0.15) is 26.2 Å². The molecule has 1 atom stereocenters. The molecule has 5 nitrogen and oxygen atoms in total. The number of nitrogens with one attached hydrogen (secondary N) is 1. The van der Waals surface area contributed by atoms with Crippen LogP contribution in [0.5, 0.6) is 5.75 Å². The molecule has 1 saturated heterocycles. The number of hydrogen-bond acceptors (Lipinski definition) is 3. The third-order valence-electron chi connectivity index (χ3n) is 5.01. The number of fused-ring (bicyclic) bond motifs is 1. The Labute approximate surface area is 143 Å². The van der Waals surface area contributed by atoms with Crippen molar-refractivity contribution >= 4 is 16.8 Å². The fourth-order valence-electron chi connectivity index (χ4n) is 3.65. The molecular formula is C19H27N3O2. The van der Waals surface area contributed by atoms with Crippen LogP contribution in [0.2, 0.25) is 0 Å². The van der Waals surface area contributed by atoms with Crippen molar-refractivity contribution in [1.29, 1.82) is 0 Å². The van der Waals surface area contributed by atoms with Crippen molar-refractivity contribution in [3.63, 3.8) is 0 Å². The summed E-state index contributed by atoms with van der Waals surface area (Å²) in [6, 6.07) is 8.56. The van der Waals surface area contributed by atoms with Crippen molar-refractivity contribution in [3.05, 3.63) is 30.5 Å². The van der Waals surface area contributed by atoms with E-state index in [1.165, 1.54) is 12.8 Å². The zero-order valence-electron chi connectivity index (χ0n) is 14.6. The van der Waals surface area contributed by atoms with Crippen molar-refractivity contribution in [1.82, 2.24) is 14.8 Å². The molecule has 130 valence electrons. The SMILES string of the molecule is CCN1CCCC1CNC(=O)CCn1ccc2c(OC)cccc21. The molecule has 1 aliphatic heterocycles. The minimum absolute atomic E-state index is 0.127. The number of aromatic nitrogens is 1. The zero-order chi connectivity index (χ0) is 16.9. The monoisotopic (exact) mass is 329 g/mol. The molecule has 0 spiro atoms. The smallest absolute Gasteiger partial charge is 0.221 e. The van der Waals surface area contributed by atoms with E-state index in [0.29, 0.717) is 19.0 Å². The second kappa shape index (κ2) is 7.71. The second-order valence-electron chi connectivity index (χ2n) is 6.38. The molecule has 1 aromatic heterocycles. The summed E-state index contributed by atoms with van der Waals surface area (Å²) < 4.78 is 7.50. The average Bonchev–Trinajstić information content (AvgIpc) is 3.24. The van der Waals surface area contributed by atoms with Crippen LogP contribution in [0.4, 0.5) is 0 Å². The summed E-state index contributed by atoms with van der Waals surface area (Å²) in [5.41, 5.74) is 1.11. The number of amides is 1. The average molecular weight is 329 g/mol. The molecule has 1 aromatic carbocycles. The summed E-state index contributed by atoms with van der Waals surface area (Å²) in [4.78, 5) is 14.6. The van der Waals surface area contributed by atoms with Crippen LogP contribution in [-0.2, 0) is 11.3 Å². The Kier molecular flexibility index (Phi) is 5.41. The van der Waals surface area contributed by atoms with Gasteiger partial charge in [-0.2, -0.15) is 0 Å². The lowest BCUT2D eigenvalue weighted by Crippen LogP contribution is -2.40. The Hall–Kier alpha value is -2.01. The minimum atomic E-state index is 0.127. The molecule has 1 unspecified atom stereocenters. The first-order valence-electron chi connectivity index (χ1n) is 8.85. The predicted molar refractivity (Wildman–Crippen MR) is 96.4 cm³/mol. The normalized spacial score (nSPS) is 18.2. The highest BCUT2D eigenvalue weighted by Gasteiger charge is 2.22. The van der Waals surface area contributed by atoms with E-state index in [1.54, 1.807) is 7.11 Å². The molecule has 2 heterocycles. The number of rotatable bonds is 7. The summed E-state index contributed by atoms with van der Waals surface area (Å²) in [7, 11) is 1.68. The highest BCUT2D eigenvalue weighted by atomic mass is 16.5. The Balaban J connectivity index is 1.53. The van der Waals surface area contributed by atoms with E-state index in [0.717, 1.165) is 36.3 Å². The first kappa shape index (κ1) is 16.8. The van der Waals surface area contributed by atoms with Crippen molar-refractivity contribution in [2.75, 3.05) is 26.7 Å². The number of aryl methyl sites for hydroxylation is 1. The number of nitrogens with zero attached hydrogens (tertiary/aromatic N) is 2. The van der Waals surface area contributed by atoms with Crippen LogP contribution in [0.25, 0.3) is 10.9 Å². The lowest BCUT2D eigenvalue weighted by atomic mass is 10.2. The number of carbonyl (C=O) groups excluding carboxylic acids is 1. The van der Waals surface area contributed by atoms with Gasteiger partial charge in [-0.05, 0) is 44.1 Å². The van der Waals surface area contributed by atoms with Gasteiger partial charge in [0, 0.05) is 37.1 Å². The number of likely N-dealkylation sites (tertiary alicyclic amines) is 1.